The first kappa shape index (κ1) is 16.1. The smallest absolute Gasteiger partial charge is 0.211 e. The third-order valence-corrected chi connectivity index (χ3v) is 4.86. The number of aliphatic hydroxyl groups is 1. The monoisotopic (exact) mass is 285 g/mol. The van der Waals surface area contributed by atoms with Crippen LogP contribution in [0.15, 0.2) is 24.3 Å². The average molecular weight is 285 g/mol. The molecule has 1 aromatic carbocycles. The Hall–Kier alpha value is -0.910. The van der Waals surface area contributed by atoms with Gasteiger partial charge in [-0.15, -0.1) is 0 Å². The molecule has 0 saturated carbocycles. The van der Waals surface area contributed by atoms with E-state index in [1.165, 1.54) is 0 Å². The van der Waals surface area contributed by atoms with Crippen molar-refractivity contribution in [1.29, 1.82) is 0 Å². The minimum Gasteiger partial charge on any atom is -0.387 e. The van der Waals surface area contributed by atoms with Gasteiger partial charge < -0.3 is 5.11 Å². The first-order valence-corrected chi connectivity index (χ1v) is 8.22. The molecule has 0 spiro atoms. The molecular formula is C14H23NO3S. The normalized spacial score (nSPS) is 15.2. The summed E-state index contributed by atoms with van der Waals surface area (Å²) in [4.78, 5) is 0. The largest absolute Gasteiger partial charge is 0.387 e. The van der Waals surface area contributed by atoms with Crippen molar-refractivity contribution in [3.63, 3.8) is 0 Å². The Morgan fingerprint density at radius 1 is 1.32 bits per heavy atom. The highest BCUT2D eigenvalue weighted by atomic mass is 32.2. The zero-order valence-electron chi connectivity index (χ0n) is 11.8. The molecule has 2 unspecified atom stereocenters. The maximum absolute atomic E-state index is 11.8. The van der Waals surface area contributed by atoms with E-state index in [1.807, 2.05) is 45.0 Å². The molecular weight excluding hydrogens is 262 g/mol. The lowest BCUT2D eigenvalue weighted by atomic mass is 10.0. The maximum atomic E-state index is 11.8. The molecule has 5 heteroatoms. The molecule has 0 aliphatic heterocycles. The first-order valence-electron chi connectivity index (χ1n) is 6.56. The molecule has 0 amide bonds. The summed E-state index contributed by atoms with van der Waals surface area (Å²) in [5, 5.41) is 10.0. The van der Waals surface area contributed by atoms with Crippen LogP contribution >= 0.6 is 0 Å². The van der Waals surface area contributed by atoms with Gasteiger partial charge in [0, 0.05) is 6.54 Å². The molecule has 2 N–H and O–H groups in total. The molecule has 0 aromatic heterocycles. The van der Waals surface area contributed by atoms with Crippen molar-refractivity contribution < 1.29 is 13.5 Å². The van der Waals surface area contributed by atoms with Gasteiger partial charge in [0.25, 0.3) is 0 Å². The Morgan fingerprint density at radius 2 is 1.95 bits per heavy atom. The minimum absolute atomic E-state index is 0.0175. The van der Waals surface area contributed by atoms with Gasteiger partial charge >= 0.3 is 0 Å². The van der Waals surface area contributed by atoms with Gasteiger partial charge in [0.2, 0.25) is 10.0 Å². The van der Waals surface area contributed by atoms with Crippen molar-refractivity contribution in [2.75, 3.05) is 12.3 Å². The lowest BCUT2D eigenvalue weighted by Crippen LogP contribution is -2.32. The Kier molecular flexibility index (Phi) is 5.97. The van der Waals surface area contributed by atoms with E-state index in [4.69, 9.17) is 0 Å². The van der Waals surface area contributed by atoms with E-state index in [9.17, 15) is 13.5 Å². The van der Waals surface area contributed by atoms with Crippen molar-refractivity contribution in [3.05, 3.63) is 35.4 Å². The molecule has 0 fully saturated rings. The molecule has 0 aliphatic carbocycles. The van der Waals surface area contributed by atoms with Crippen LogP contribution in [0.2, 0.25) is 0 Å². The van der Waals surface area contributed by atoms with Crippen LogP contribution in [-0.4, -0.2) is 25.8 Å². The van der Waals surface area contributed by atoms with Crippen molar-refractivity contribution >= 4 is 10.0 Å². The van der Waals surface area contributed by atoms with Gasteiger partial charge in [0.15, 0.2) is 0 Å². The summed E-state index contributed by atoms with van der Waals surface area (Å²) in [6.45, 7) is 5.77. The first-order chi connectivity index (χ1) is 8.85. The molecule has 0 heterocycles. The molecule has 0 radical (unpaired) electrons. The van der Waals surface area contributed by atoms with E-state index in [0.717, 1.165) is 17.5 Å². The fourth-order valence-corrected chi connectivity index (χ4v) is 3.34. The van der Waals surface area contributed by atoms with E-state index in [1.54, 1.807) is 0 Å². The summed E-state index contributed by atoms with van der Waals surface area (Å²) in [5.41, 5.74) is 1.71. The number of hydrogen-bond acceptors (Lipinski definition) is 3. The second kappa shape index (κ2) is 7.03. The molecule has 1 rings (SSSR count). The third kappa shape index (κ3) is 5.30. The van der Waals surface area contributed by atoms with Crippen LogP contribution < -0.4 is 4.72 Å². The van der Waals surface area contributed by atoms with E-state index in [2.05, 4.69) is 4.72 Å². The van der Waals surface area contributed by atoms with Crippen molar-refractivity contribution in [2.45, 2.75) is 33.3 Å². The second-order valence-electron chi connectivity index (χ2n) is 5.02. The second-order valence-corrected chi connectivity index (χ2v) is 6.87. The number of rotatable bonds is 7. The standard InChI is InChI=1S/C14H23NO3S/c1-4-11(2)10-19(17,18)15-9-14(16)13-8-6-5-7-12(13)3/h5-8,11,14-16H,4,9-10H2,1-3H3. The zero-order chi connectivity index (χ0) is 14.5. The molecule has 1 aromatic rings. The Morgan fingerprint density at radius 3 is 2.53 bits per heavy atom. The van der Waals surface area contributed by atoms with E-state index in [0.29, 0.717) is 0 Å². The van der Waals surface area contributed by atoms with Gasteiger partial charge in [0.1, 0.15) is 0 Å². The van der Waals surface area contributed by atoms with E-state index < -0.39 is 16.1 Å². The van der Waals surface area contributed by atoms with Crippen LogP contribution in [-0.2, 0) is 10.0 Å². The number of hydrogen-bond donors (Lipinski definition) is 2. The Bertz CT molecular complexity index is 499. The fourth-order valence-electron chi connectivity index (χ4n) is 1.83. The molecule has 4 nitrogen and oxygen atoms in total. The van der Waals surface area contributed by atoms with Gasteiger partial charge in [0.05, 0.1) is 11.9 Å². The van der Waals surface area contributed by atoms with Gasteiger partial charge in [-0.3, -0.25) is 0 Å². The average Bonchev–Trinajstić information content (AvgIpc) is 2.36. The summed E-state index contributed by atoms with van der Waals surface area (Å²) < 4.78 is 26.1. The maximum Gasteiger partial charge on any atom is 0.211 e. The Balaban J connectivity index is 2.60. The molecule has 108 valence electrons. The highest BCUT2D eigenvalue weighted by Crippen LogP contribution is 2.16. The van der Waals surface area contributed by atoms with Gasteiger partial charge in [-0.05, 0) is 24.0 Å². The van der Waals surface area contributed by atoms with Crippen LogP contribution in [0.3, 0.4) is 0 Å². The lowest BCUT2D eigenvalue weighted by Gasteiger charge is -2.16. The predicted molar refractivity (Wildman–Crippen MR) is 77.4 cm³/mol. The summed E-state index contributed by atoms with van der Waals surface area (Å²) in [6.07, 6.45) is 0.00857. The highest BCUT2D eigenvalue weighted by Gasteiger charge is 2.17. The number of aliphatic hydroxyl groups excluding tert-OH is 1. The van der Waals surface area contributed by atoms with Crippen molar-refractivity contribution in [1.82, 2.24) is 4.72 Å². The molecule has 0 saturated heterocycles. The number of nitrogens with one attached hydrogen (secondary N) is 1. The van der Waals surface area contributed by atoms with Crippen molar-refractivity contribution in [3.8, 4) is 0 Å². The summed E-state index contributed by atoms with van der Waals surface area (Å²) >= 11 is 0. The topological polar surface area (TPSA) is 66.4 Å². The third-order valence-electron chi connectivity index (χ3n) is 3.24. The lowest BCUT2D eigenvalue weighted by molar-refractivity contribution is 0.181. The fraction of sp³-hybridized carbons (Fsp3) is 0.571. The SMILES string of the molecule is CCC(C)CS(=O)(=O)NCC(O)c1ccccc1C. The quantitative estimate of drug-likeness (QED) is 0.805. The van der Waals surface area contributed by atoms with Gasteiger partial charge in [-0.25, -0.2) is 13.1 Å². The van der Waals surface area contributed by atoms with E-state index >= 15 is 0 Å². The van der Waals surface area contributed by atoms with Crippen LogP contribution in [0.5, 0.6) is 0 Å². The highest BCUT2D eigenvalue weighted by molar-refractivity contribution is 7.89. The summed E-state index contributed by atoms with van der Waals surface area (Å²) in [5.74, 6) is 0.220. The Labute approximate surface area is 115 Å². The predicted octanol–water partition coefficient (Wildman–Crippen LogP) is 1.99. The number of aryl methyl sites for hydroxylation is 1. The van der Waals surface area contributed by atoms with Crippen LogP contribution in [0.1, 0.15) is 37.5 Å². The van der Waals surface area contributed by atoms with Gasteiger partial charge in [-0.1, -0.05) is 44.5 Å². The molecule has 19 heavy (non-hydrogen) atoms. The minimum atomic E-state index is -3.32. The van der Waals surface area contributed by atoms with Gasteiger partial charge in [-0.2, -0.15) is 0 Å². The molecule has 0 aliphatic rings. The zero-order valence-corrected chi connectivity index (χ0v) is 12.6. The summed E-state index contributed by atoms with van der Waals surface area (Å²) in [7, 11) is -3.32. The number of sulfonamides is 1. The van der Waals surface area contributed by atoms with E-state index in [-0.39, 0.29) is 18.2 Å². The van der Waals surface area contributed by atoms with Crippen LogP contribution in [0, 0.1) is 12.8 Å². The van der Waals surface area contributed by atoms with Crippen LogP contribution in [0.4, 0.5) is 0 Å². The molecule has 0 bridgehead atoms. The van der Waals surface area contributed by atoms with Crippen molar-refractivity contribution in [2.24, 2.45) is 5.92 Å². The summed E-state index contributed by atoms with van der Waals surface area (Å²) in [6, 6.07) is 7.42. The molecule has 2 atom stereocenters. The van der Waals surface area contributed by atoms with Crippen LogP contribution in [0.25, 0.3) is 0 Å². The number of benzene rings is 1.